The number of rotatable bonds is 5. The molecule has 1 heterocycles. The predicted molar refractivity (Wildman–Crippen MR) is 105 cm³/mol. The van der Waals surface area contributed by atoms with Crippen molar-refractivity contribution < 1.29 is 9.18 Å². The van der Waals surface area contributed by atoms with Crippen LogP contribution in [0.3, 0.4) is 0 Å². The Labute approximate surface area is 160 Å². The number of benzene rings is 2. The number of fused-ring (bicyclic) bond motifs is 1. The Hall–Kier alpha value is -2.73. The highest BCUT2D eigenvalue weighted by atomic mass is 35.5. The largest absolute Gasteiger partial charge is 0.325 e. The van der Waals surface area contributed by atoms with Crippen LogP contribution in [0.25, 0.3) is 10.9 Å². The molecule has 0 saturated carbocycles. The van der Waals surface area contributed by atoms with Crippen molar-refractivity contribution >= 4 is 34.1 Å². The molecule has 140 valence electrons. The van der Waals surface area contributed by atoms with Gasteiger partial charge in [0.05, 0.1) is 28.2 Å². The average molecular weight is 388 g/mol. The zero-order chi connectivity index (χ0) is 19.6. The number of anilines is 1. The second kappa shape index (κ2) is 7.88. The van der Waals surface area contributed by atoms with Crippen molar-refractivity contribution in [3.63, 3.8) is 0 Å². The Kier molecular flexibility index (Phi) is 5.56. The first-order chi connectivity index (χ1) is 12.9. The smallest absolute Gasteiger partial charge is 0.261 e. The molecule has 3 aromatic rings. The summed E-state index contributed by atoms with van der Waals surface area (Å²) < 4.78 is 14.6. The minimum Gasteiger partial charge on any atom is -0.325 e. The predicted octanol–water partition coefficient (Wildman–Crippen LogP) is 4.28. The molecule has 1 amide bonds. The second-order valence-electron chi connectivity index (χ2n) is 6.32. The number of hydrogen-bond donors (Lipinski definition) is 1. The summed E-state index contributed by atoms with van der Waals surface area (Å²) in [5.41, 5.74) is 1.39. The van der Waals surface area contributed by atoms with E-state index in [1.54, 1.807) is 31.2 Å². The molecule has 3 rings (SSSR count). The van der Waals surface area contributed by atoms with Crippen LogP contribution in [0, 0.1) is 12.7 Å². The number of halogens is 2. The second-order valence-corrected chi connectivity index (χ2v) is 6.73. The van der Waals surface area contributed by atoms with Gasteiger partial charge in [-0.15, -0.1) is 0 Å². The summed E-state index contributed by atoms with van der Waals surface area (Å²) in [5.74, 6) is 0.0303. The number of hydrogen-bond acceptors (Lipinski definition) is 3. The Morgan fingerprint density at radius 2 is 1.96 bits per heavy atom. The normalized spacial score (nSPS) is 11.0. The van der Waals surface area contributed by atoms with E-state index in [2.05, 4.69) is 10.3 Å². The highest BCUT2D eigenvalue weighted by Crippen LogP contribution is 2.26. The molecule has 0 radical (unpaired) electrons. The quantitative estimate of drug-likeness (QED) is 0.710. The summed E-state index contributed by atoms with van der Waals surface area (Å²) in [5, 5.41) is 3.42. The number of nitrogens with zero attached hydrogens (tertiary/aromatic N) is 2. The molecule has 0 aliphatic carbocycles. The topological polar surface area (TPSA) is 64.0 Å². The maximum Gasteiger partial charge on any atom is 0.261 e. The van der Waals surface area contributed by atoms with Crippen molar-refractivity contribution in [2.75, 3.05) is 5.32 Å². The van der Waals surface area contributed by atoms with Crippen LogP contribution >= 0.6 is 11.6 Å². The van der Waals surface area contributed by atoms with E-state index in [-0.39, 0.29) is 23.8 Å². The van der Waals surface area contributed by atoms with Crippen molar-refractivity contribution in [1.82, 2.24) is 9.55 Å². The van der Waals surface area contributed by atoms with Crippen molar-refractivity contribution in [3.05, 3.63) is 69.0 Å². The lowest BCUT2D eigenvalue weighted by Crippen LogP contribution is -2.24. The summed E-state index contributed by atoms with van der Waals surface area (Å²) in [6.45, 7) is 3.91. The molecule has 0 atom stereocenters. The van der Waals surface area contributed by atoms with Gasteiger partial charge in [-0.2, -0.15) is 0 Å². The molecule has 0 bridgehead atoms. The maximum atomic E-state index is 13.1. The number of nitrogens with one attached hydrogen (secondary N) is 1. The van der Waals surface area contributed by atoms with Crippen LogP contribution in [0.15, 0.2) is 41.2 Å². The van der Waals surface area contributed by atoms with E-state index in [9.17, 15) is 14.0 Å². The van der Waals surface area contributed by atoms with Crippen molar-refractivity contribution in [2.45, 2.75) is 33.2 Å². The van der Waals surface area contributed by atoms with E-state index < -0.39 is 0 Å². The van der Waals surface area contributed by atoms with Crippen molar-refractivity contribution in [3.8, 4) is 0 Å². The highest BCUT2D eigenvalue weighted by molar-refractivity contribution is 6.34. The molecule has 27 heavy (non-hydrogen) atoms. The Balaban J connectivity index is 2.05. The fourth-order valence-corrected chi connectivity index (χ4v) is 3.05. The van der Waals surface area contributed by atoms with Gasteiger partial charge in [-0.25, -0.2) is 9.37 Å². The number of carbonyl (C=O) groups is 1. The van der Waals surface area contributed by atoms with Gasteiger partial charge >= 0.3 is 0 Å². The third-order valence-electron chi connectivity index (χ3n) is 4.24. The van der Waals surface area contributed by atoms with Gasteiger partial charge in [-0.05, 0) is 43.2 Å². The lowest BCUT2D eigenvalue weighted by Gasteiger charge is -2.13. The lowest BCUT2D eigenvalue weighted by atomic mass is 10.2. The van der Waals surface area contributed by atoms with Gasteiger partial charge in [0.15, 0.2) is 0 Å². The molecule has 0 unspecified atom stereocenters. The number of aryl methyl sites for hydroxylation is 1. The average Bonchev–Trinajstić information content (AvgIpc) is 2.62. The van der Waals surface area contributed by atoms with Crippen LogP contribution in [0.5, 0.6) is 0 Å². The van der Waals surface area contributed by atoms with E-state index >= 15 is 0 Å². The molecule has 1 aromatic heterocycles. The monoisotopic (exact) mass is 387 g/mol. The summed E-state index contributed by atoms with van der Waals surface area (Å²) >= 11 is 6.24. The van der Waals surface area contributed by atoms with E-state index in [0.29, 0.717) is 40.3 Å². The first-order valence-electron chi connectivity index (χ1n) is 8.64. The summed E-state index contributed by atoms with van der Waals surface area (Å²) in [7, 11) is 0. The zero-order valence-corrected chi connectivity index (χ0v) is 15.8. The van der Waals surface area contributed by atoms with Gasteiger partial charge in [0.25, 0.3) is 5.56 Å². The van der Waals surface area contributed by atoms with Gasteiger partial charge < -0.3 is 5.32 Å². The number of aromatic nitrogens is 2. The van der Waals surface area contributed by atoms with E-state index in [1.165, 1.54) is 16.7 Å². The van der Waals surface area contributed by atoms with Crippen LogP contribution in [-0.4, -0.2) is 15.5 Å². The van der Waals surface area contributed by atoms with E-state index in [4.69, 9.17) is 11.6 Å². The molecule has 7 heteroatoms. The van der Waals surface area contributed by atoms with Gasteiger partial charge in [0.1, 0.15) is 11.6 Å². The molecule has 0 spiro atoms. The summed E-state index contributed by atoms with van der Waals surface area (Å²) in [4.78, 5) is 29.3. The fraction of sp³-hybridized carbons (Fsp3) is 0.250. The maximum absolute atomic E-state index is 13.1. The Morgan fingerprint density at radius 1 is 1.26 bits per heavy atom. The van der Waals surface area contributed by atoms with Gasteiger partial charge in [-0.3, -0.25) is 14.2 Å². The molecule has 0 aliphatic rings. The SMILES string of the molecule is CCCC(=O)Nc1cc2c(=O)n(Cc3ccc(F)cc3)c(C)nc2cc1Cl. The number of carbonyl (C=O) groups excluding carboxylic acids is 1. The summed E-state index contributed by atoms with van der Waals surface area (Å²) in [6.07, 6.45) is 1.08. The molecular formula is C20H19ClFN3O2. The van der Waals surface area contributed by atoms with Gasteiger partial charge in [-0.1, -0.05) is 30.7 Å². The molecular weight excluding hydrogens is 369 g/mol. The molecule has 5 nitrogen and oxygen atoms in total. The van der Waals surface area contributed by atoms with Crippen molar-refractivity contribution in [1.29, 1.82) is 0 Å². The first-order valence-corrected chi connectivity index (χ1v) is 9.02. The number of amides is 1. The van der Waals surface area contributed by atoms with E-state index in [0.717, 1.165) is 5.56 Å². The lowest BCUT2D eigenvalue weighted by molar-refractivity contribution is -0.116. The fourth-order valence-electron chi connectivity index (χ4n) is 2.85. The Bertz CT molecular complexity index is 1060. The molecule has 0 aliphatic heterocycles. The zero-order valence-electron chi connectivity index (χ0n) is 15.1. The van der Waals surface area contributed by atoms with Crippen LogP contribution in [0.2, 0.25) is 5.02 Å². The molecule has 0 fully saturated rings. The van der Waals surface area contributed by atoms with E-state index in [1.807, 2.05) is 6.92 Å². The van der Waals surface area contributed by atoms with Gasteiger partial charge in [0.2, 0.25) is 5.91 Å². The first kappa shape index (κ1) is 19.0. The van der Waals surface area contributed by atoms with Crippen LogP contribution < -0.4 is 10.9 Å². The third-order valence-corrected chi connectivity index (χ3v) is 4.55. The minimum absolute atomic E-state index is 0.162. The third kappa shape index (κ3) is 4.17. The van der Waals surface area contributed by atoms with Gasteiger partial charge in [0, 0.05) is 6.42 Å². The summed E-state index contributed by atoms with van der Waals surface area (Å²) in [6, 6.07) is 9.10. The van der Waals surface area contributed by atoms with Crippen molar-refractivity contribution in [2.24, 2.45) is 0 Å². The standard InChI is InChI=1S/C20H19ClFN3O2/c1-3-4-19(26)24-18-9-15-17(10-16(18)21)23-12(2)25(20(15)27)11-13-5-7-14(22)8-6-13/h5-10H,3-4,11H2,1-2H3,(H,24,26). The minimum atomic E-state index is -0.332. The van der Waals surface area contributed by atoms with Crippen LogP contribution in [0.4, 0.5) is 10.1 Å². The molecule has 1 N–H and O–H groups in total. The molecule has 2 aromatic carbocycles. The van der Waals surface area contributed by atoms with Crippen LogP contribution in [0.1, 0.15) is 31.2 Å². The molecule has 0 saturated heterocycles. The Morgan fingerprint density at radius 3 is 2.63 bits per heavy atom. The van der Waals surface area contributed by atoms with Crippen LogP contribution in [-0.2, 0) is 11.3 Å². The highest BCUT2D eigenvalue weighted by Gasteiger charge is 2.13.